The summed E-state index contributed by atoms with van der Waals surface area (Å²) in [5.74, 6) is -2.21. The summed E-state index contributed by atoms with van der Waals surface area (Å²) >= 11 is 0. The van der Waals surface area contributed by atoms with Crippen molar-refractivity contribution < 1.29 is 30.8 Å². The van der Waals surface area contributed by atoms with Crippen molar-refractivity contribution in [1.82, 2.24) is 5.32 Å². The third-order valence-electron chi connectivity index (χ3n) is 3.22. The summed E-state index contributed by atoms with van der Waals surface area (Å²) < 4.78 is 76.7. The lowest BCUT2D eigenvalue weighted by atomic mass is 10.3. The van der Waals surface area contributed by atoms with Crippen LogP contribution < -0.4 is 9.62 Å². The fraction of sp³-hybridized carbons (Fsp3) is 0.188. The minimum Gasteiger partial charge on any atom is -0.345 e. The molecule has 0 spiro atoms. The average Bonchev–Trinajstić information content (AvgIpc) is 2.58. The summed E-state index contributed by atoms with van der Waals surface area (Å²) in [6.45, 7) is -2.54. The molecule has 0 saturated heterocycles. The molecule has 0 atom stereocenters. The van der Waals surface area contributed by atoms with Gasteiger partial charge in [-0.15, -0.1) is 0 Å². The number of carbonyl (C=O) groups excluding carboxylic acids is 1. The van der Waals surface area contributed by atoms with Crippen molar-refractivity contribution in [3.05, 3.63) is 60.4 Å². The molecule has 5 nitrogen and oxygen atoms in total. The molecule has 2 rings (SSSR count). The Morgan fingerprint density at radius 3 is 2.15 bits per heavy atom. The van der Waals surface area contributed by atoms with Crippen molar-refractivity contribution in [2.45, 2.75) is 11.1 Å². The Kier molecular flexibility index (Phi) is 5.86. The van der Waals surface area contributed by atoms with Crippen LogP contribution in [0.2, 0.25) is 0 Å². The number of rotatable bonds is 6. The predicted molar refractivity (Wildman–Crippen MR) is 86.4 cm³/mol. The first-order valence-electron chi connectivity index (χ1n) is 7.27. The molecule has 0 aromatic heterocycles. The van der Waals surface area contributed by atoms with E-state index in [2.05, 4.69) is 0 Å². The van der Waals surface area contributed by atoms with Gasteiger partial charge in [0.1, 0.15) is 23.8 Å². The van der Waals surface area contributed by atoms with Crippen molar-refractivity contribution in [2.24, 2.45) is 0 Å². The molecule has 0 heterocycles. The molecule has 0 radical (unpaired) electrons. The Balaban J connectivity index is 2.37. The van der Waals surface area contributed by atoms with Gasteiger partial charge in [-0.05, 0) is 24.3 Å². The minimum absolute atomic E-state index is 0.0120. The SMILES string of the molecule is O=C(CN(c1ccccc1)S(=O)(=O)c1ccccc1F)NCC(F)(F)F. The van der Waals surface area contributed by atoms with Gasteiger partial charge < -0.3 is 5.32 Å². The second-order valence-electron chi connectivity index (χ2n) is 5.17. The zero-order chi connectivity index (χ0) is 19.4. The van der Waals surface area contributed by atoms with E-state index in [1.54, 1.807) is 11.4 Å². The Bertz CT molecular complexity index is 871. The van der Waals surface area contributed by atoms with Crippen LogP contribution in [0.3, 0.4) is 0 Å². The van der Waals surface area contributed by atoms with E-state index >= 15 is 0 Å². The maximum atomic E-state index is 13.9. The fourth-order valence-electron chi connectivity index (χ4n) is 2.07. The van der Waals surface area contributed by atoms with Gasteiger partial charge in [0, 0.05) is 0 Å². The lowest BCUT2D eigenvalue weighted by Crippen LogP contribution is -2.43. The summed E-state index contributed by atoms with van der Waals surface area (Å²) in [4.78, 5) is 11.1. The van der Waals surface area contributed by atoms with Gasteiger partial charge in [-0.1, -0.05) is 30.3 Å². The van der Waals surface area contributed by atoms with E-state index in [4.69, 9.17) is 0 Å². The molecule has 0 unspecified atom stereocenters. The smallest absolute Gasteiger partial charge is 0.345 e. The number of sulfonamides is 1. The summed E-state index contributed by atoms with van der Waals surface area (Å²) in [6.07, 6.45) is -4.64. The fourth-order valence-corrected chi connectivity index (χ4v) is 3.56. The first-order valence-corrected chi connectivity index (χ1v) is 8.71. The topological polar surface area (TPSA) is 66.5 Å². The summed E-state index contributed by atoms with van der Waals surface area (Å²) in [5.41, 5.74) is 0.0120. The van der Waals surface area contributed by atoms with E-state index in [1.807, 2.05) is 0 Å². The molecule has 1 N–H and O–H groups in total. The van der Waals surface area contributed by atoms with Gasteiger partial charge in [0.05, 0.1) is 5.69 Å². The largest absolute Gasteiger partial charge is 0.405 e. The van der Waals surface area contributed by atoms with Crippen molar-refractivity contribution >= 4 is 21.6 Å². The van der Waals surface area contributed by atoms with E-state index in [9.17, 15) is 30.8 Å². The van der Waals surface area contributed by atoms with Crippen LogP contribution in [0.4, 0.5) is 23.2 Å². The van der Waals surface area contributed by atoms with E-state index in [1.165, 1.54) is 36.4 Å². The highest BCUT2D eigenvalue weighted by Crippen LogP contribution is 2.25. The number of hydrogen-bond donors (Lipinski definition) is 1. The lowest BCUT2D eigenvalue weighted by molar-refractivity contribution is -0.137. The van der Waals surface area contributed by atoms with Gasteiger partial charge in [-0.3, -0.25) is 9.10 Å². The van der Waals surface area contributed by atoms with E-state index in [0.717, 1.165) is 12.1 Å². The number of anilines is 1. The van der Waals surface area contributed by atoms with Crippen LogP contribution in [0.1, 0.15) is 0 Å². The van der Waals surface area contributed by atoms with E-state index in [-0.39, 0.29) is 5.69 Å². The van der Waals surface area contributed by atoms with Gasteiger partial charge in [0.15, 0.2) is 0 Å². The van der Waals surface area contributed by atoms with Crippen LogP contribution in [0.5, 0.6) is 0 Å². The second kappa shape index (κ2) is 7.73. The lowest BCUT2D eigenvalue weighted by Gasteiger charge is -2.24. The molecule has 2 aromatic carbocycles. The third kappa shape index (κ3) is 4.94. The van der Waals surface area contributed by atoms with Gasteiger partial charge in [0.25, 0.3) is 10.0 Å². The number of hydrogen-bond acceptors (Lipinski definition) is 3. The molecule has 2 aromatic rings. The summed E-state index contributed by atoms with van der Waals surface area (Å²) in [5, 5.41) is 1.60. The Morgan fingerprint density at radius 1 is 1.00 bits per heavy atom. The molecule has 0 aliphatic heterocycles. The Morgan fingerprint density at radius 2 is 1.58 bits per heavy atom. The van der Waals surface area contributed by atoms with Crippen LogP contribution >= 0.6 is 0 Å². The zero-order valence-electron chi connectivity index (χ0n) is 13.2. The third-order valence-corrected chi connectivity index (χ3v) is 5.03. The zero-order valence-corrected chi connectivity index (χ0v) is 14.0. The maximum absolute atomic E-state index is 13.9. The number of benzene rings is 2. The molecule has 10 heteroatoms. The number of amides is 1. The molecular formula is C16H14F4N2O3S. The number of alkyl halides is 3. The second-order valence-corrected chi connectivity index (χ2v) is 7.00. The number of para-hydroxylation sites is 1. The van der Waals surface area contributed by atoms with Gasteiger partial charge in [-0.25, -0.2) is 12.8 Å². The highest BCUT2D eigenvalue weighted by molar-refractivity contribution is 7.92. The van der Waals surface area contributed by atoms with Crippen molar-refractivity contribution in [1.29, 1.82) is 0 Å². The van der Waals surface area contributed by atoms with Gasteiger partial charge in [0.2, 0.25) is 5.91 Å². The van der Waals surface area contributed by atoms with Crippen molar-refractivity contribution in [3.8, 4) is 0 Å². The maximum Gasteiger partial charge on any atom is 0.405 e. The van der Waals surface area contributed by atoms with Crippen LogP contribution in [0.25, 0.3) is 0 Å². The Labute approximate surface area is 147 Å². The number of nitrogens with one attached hydrogen (secondary N) is 1. The first kappa shape index (κ1) is 19.7. The molecule has 26 heavy (non-hydrogen) atoms. The quantitative estimate of drug-likeness (QED) is 0.772. The van der Waals surface area contributed by atoms with Crippen molar-refractivity contribution in [2.75, 3.05) is 17.4 Å². The normalized spacial score (nSPS) is 11.8. The van der Waals surface area contributed by atoms with E-state index in [0.29, 0.717) is 4.31 Å². The number of halogens is 4. The van der Waals surface area contributed by atoms with Crippen molar-refractivity contribution in [3.63, 3.8) is 0 Å². The average molecular weight is 390 g/mol. The highest BCUT2D eigenvalue weighted by atomic mass is 32.2. The standard InChI is InChI=1S/C16H14F4N2O3S/c17-13-8-4-5-9-14(13)26(24,25)22(12-6-2-1-3-7-12)10-15(23)21-11-16(18,19)20/h1-9H,10-11H2,(H,21,23). The molecule has 0 saturated carbocycles. The Hall–Kier alpha value is -2.62. The molecule has 0 aliphatic carbocycles. The summed E-state index contributed by atoms with van der Waals surface area (Å²) in [7, 11) is -4.52. The molecule has 0 fully saturated rings. The van der Waals surface area contributed by atoms with E-state index < -0.39 is 45.9 Å². The van der Waals surface area contributed by atoms with Gasteiger partial charge >= 0.3 is 6.18 Å². The number of carbonyl (C=O) groups is 1. The molecule has 140 valence electrons. The van der Waals surface area contributed by atoms with Crippen LogP contribution in [0.15, 0.2) is 59.5 Å². The first-order chi connectivity index (χ1) is 12.1. The highest BCUT2D eigenvalue weighted by Gasteiger charge is 2.31. The predicted octanol–water partition coefficient (Wildman–Crippen LogP) is 2.70. The molecule has 1 amide bonds. The monoisotopic (exact) mass is 390 g/mol. The van der Waals surface area contributed by atoms with Crippen LogP contribution in [0, 0.1) is 5.82 Å². The number of nitrogens with zero attached hydrogens (tertiary/aromatic N) is 1. The van der Waals surface area contributed by atoms with Crippen LogP contribution in [-0.2, 0) is 14.8 Å². The molecular weight excluding hydrogens is 376 g/mol. The minimum atomic E-state index is -4.64. The molecule has 0 aliphatic rings. The van der Waals surface area contributed by atoms with Crippen LogP contribution in [-0.4, -0.2) is 33.6 Å². The molecule has 0 bridgehead atoms. The van der Waals surface area contributed by atoms with Gasteiger partial charge in [-0.2, -0.15) is 13.2 Å². The summed E-state index contributed by atoms with van der Waals surface area (Å²) in [6, 6.07) is 11.7.